The number of cyclic esters (lactones) is 1. The Hall–Kier alpha value is -0.530. The summed E-state index contributed by atoms with van der Waals surface area (Å²) in [6.45, 7) is 2.02. The van der Waals surface area contributed by atoms with Crippen molar-refractivity contribution in [3.8, 4) is 0 Å². The number of carbonyl (C=O) groups is 1. The molecule has 17 heavy (non-hydrogen) atoms. The van der Waals surface area contributed by atoms with E-state index in [1.807, 2.05) is 6.92 Å². The highest BCUT2D eigenvalue weighted by atomic mass is 16.5. The van der Waals surface area contributed by atoms with Crippen LogP contribution in [0, 0.1) is 0 Å². The first-order chi connectivity index (χ1) is 8.29. The summed E-state index contributed by atoms with van der Waals surface area (Å²) in [5.74, 6) is 0.00683. The highest BCUT2D eigenvalue weighted by Crippen LogP contribution is 2.15. The van der Waals surface area contributed by atoms with Crippen LogP contribution in [0.2, 0.25) is 0 Å². The van der Waals surface area contributed by atoms with Gasteiger partial charge in [-0.2, -0.15) is 0 Å². The molecule has 1 heterocycles. The average molecular weight is 240 g/mol. The SMILES string of the molecule is C[C@H]1CCCCCCCCCCCCC(=O)O1. The summed E-state index contributed by atoms with van der Waals surface area (Å²) in [4.78, 5) is 11.5. The van der Waals surface area contributed by atoms with Gasteiger partial charge < -0.3 is 4.74 Å². The second-order valence-electron chi connectivity index (χ2n) is 5.37. The van der Waals surface area contributed by atoms with Crippen molar-refractivity contribution in [1.29, 1.82) is 0 Å². The lowest BCUT2D eigenvalue weighted by atomic mass is 10.0. The summed E-state index contributed by atoms with van der Waals surface area (Å²) < 4.78 is 5.39. The van der Waals surface area contributed by atoms with Crippen LogP contribution in [0.1, 0.15) is 84.0 Å². The summed E-state index contributed by atoms with van der Waals surface area (Å²) in [6, 6.07) is 0. The number of carbonyl (C=O) groups excluding carboxylic acids is 1. The molecule has 0 aromatic heterocycles. The fourth-order valence-corrected chi connectivity index (χ4v) is 2.46. The third-order valence-electron chi connectivity index (χ3n) is 3.57. The quantitative estimate of drug-likeness (QED) is 0.578. The first-order valence-corrected chi connectivity index (χ1v) is 7.48. The fraction of sp³-hybridized carbons (Fsp3) is 0.933. The van der Waals surface area contributed by atoms with Gasteiger partial charge in [-0.05, 0) is 26.2 Å². The van der Waals surface area contributed by atoms with Crippen molar-refractivity contribution in [2.45, 2.75) is 90.1 Å². The second kappa shape index (κ2) is 9.49. The Balaban J connectivity index is 2.23. The molecule has 0 bridgehead atoms. The van der Waals surface area contributed by atoms with E-state index in [1.54, 1.807) is 0 Å². The molecule has 1 saturated heterocycles. The highest BCUT2D eigenvalue weighted by molar-refractivity contribution is 5.69. The monoisotopic (exact) mass is 240 g/mol. The number of rotatable bonds is 0. The van der Waals surface area contributed by atoms with E-state index in [2.05, 4.69) is 0 Å². The standard InChI is InChI=1S/C15H28O2/c1-14-12-10-8-6-4-2-3-5-7-9-11-13-15(16)17-14/h14H,2-13H2,1H3/t14-/m0/s1. The largest absolute Gasteiger partial charge is 0.463 e. The summed E-state index contributed by atoms with van der Waals surface area (Å²) in [5.41, 5.74) is 0. The van der Waals surface area contributed by atoms with Crippen LogP contribution in [0.15, 0.2) is 0 Å². The van der Waals surface area contributed by atoms with Crippen LogP contribution in [-0.4, -0.2) is 12.1 Å². The molecule has 0 N–H and O–H groups in total. The van der Waals surface area contributed by atoms with Crippen LogP contribution in [0.25, 0.3) is 0 Å². The zero-order valence-corrected chi connectivity index (χ0v) is 11.4. The lowest BCUT2D eigenvalue weighted by Crippen LogP contribution is -2.14. The van der Waals surface area contributed by atoms with Gasteiger partial charge >= 0.3 is 5.97 Å². The molecule has 0 amide bonds. The smallest absolute Gasteiger partial charge is 0.306 e. The Labute approximate surface area is 106 Å². The molecule has 0 aromatic carbocycles. The first kappa shape index (κ1) is 14.5. The lowest BCUT2D eigenvalue weighted by Gasteiger charge is -2.12. The van der Waals surface area contributed by atoms with E-state index in [0.717, 1.165) is 12.8 Å². The predicted octanol–water partition coefficient (Wildman–Crippen LogP) is 4.61. The van der Waals surface area contributed by atoms with Crippen molar-refractivity contribution >= 4 is 5.97 Å². The fourth-order valence-electron chi connectivity index (χ4n) is 2.46. The van der Waals surface area contributed by atoms with Crippen LogP contribution >= 0.6 is 0 Å². The molecule has 1 atom stereocenters. The van der Waals surface area contributed by atoms with Crippen molar-refractivity contribution in [2.75, 3.05) is 0 Å². The van der Waals surface area contributed by atoms with Gasteiger partial charge in [0.25, 0.3) is 0 Å². The van der Waals surface area contributed by atoms with Gasteiger partial charge in [-0.1, -0.05) is 51.4 Å². The van der Waals surface area contributed by atoms with Gasteiger partial charge in [-0.3, -0.25) is 4.79 Å². The minimum absolute atomic E-state index is 0.00683. The van der Waals surface area contributed by atoms with E-state index in [4.69, 9.17) is 4.74 Å². The van der Waals surface area contributed by atoms with Crippen molar-refractivity contribution in [3.05, 3.63) is 0 Å². The summed E-state index contributed by atoms with van der Waals surface area (Å²) in [6.07, 6.45) is 14.6. The molecule has 0 radical (unpaired) electrons. The van der Waals surface area contributed by atoms with Gasteiger partial charge in [0, 0.05) is 6.42 Å². The minimum atomic E-state index is 0.00683. The first-order valence-electron chi connectivity index (χ1n) is 7.48. The molecule has 2 nitrogen and oxygen atoms in total. The molecular weight excluding hydrogens is 212 g/mol. The van der Waals surface area contributed by atoms with Gasteiger partial charge in [0.2, 0.25) is 0 Å². The topological polar surface area (TPSA) is 26.3 Å². The number of esters is 1. The maximum Gasteiger partial charge on any atom is 0.306 e. The van der Waals surface area contributed by atoms with Gasteiger partial charge in [0.15, 0.2) is 0 Å². The molecule has 0 spiro atoms. The number of hydrogen-bond acceptors (Lipinski definition) is 2. The van der Waals surface area contributed by atoms with Gasteiger partial charge in [0.05, 0.1) is 6.10 Å². The summed E-state index contributed by atoms with van der Waals surface area (Å²) in [5, 5.41) is 0. The van der Waals surface area contributed by atoms with Gasteiger partial charge in [-0.25, -0.2) is 0 Å². The Kier molecular flexibility index (Phi) is 8.12. The van der Waals surface area contributed by atoms with Crippen LogP contribution in [0.3, 0.4) is 0 Å². The molecule has 0 aliphatic carbocycles. The number of ether oxygens (including phenoxy) is 1. The Bertz CT molecular complexity index is 201. The molecule has 0 saturated carbocycles. The molecule has 1 fully saturated rings. The van der Waals surface area contributed by atoms with Crippen molar-refractivity contribution in [2.24, 2.45) is 0 Å². The molecule has 0 unspecified atom stereocenters. The van der Waals surface area contributed by atoms with Crippen molar-refractivity contribution in [3.63, 3.8) is 0 Å². The molecule has 1 rings (SSSR count). The van der Waals surface area contributed by atoms with Gasteiger partial charge in [0.1, 0.15) is 0 Å². The molecule has 100 valence electrons. The van der Waals surface area contributed by atoms with Crippen LogP contribution in [0.5, 0.6) is 0 Å². The van der Waals surface area contributed by atoms with Gasteiger partial charge in [-0.15, -0.1) is 0 Å². The number of hydrogen-bond donors (Lipinski definition) is 0. The van der Waals surface area contributed by atoms with E-state index in [0.29, 0.717) is 6.42 Å². The van der Waals surface area contributed by atoms with Crippen LogP contribution in [-0.2, 0) is 9.53 Å². The van der Waals surface area contributed by atoms with E-state index in [9.17, 15) is 4.79 Å². The maximum absolute atomic E-state index is 11.5. The Morgan fingerprint density at radius 3 is 1.88 bits per heavy atom. The third kappa shape index (κ3) is 8.23. The average Bonchev–Trinajstić information content (AvgIpc) is 2.30. The summed E-state index contributed by atoms with van der Waals surface area (Å²) in [7, 11) is 0. The Morgan fingerprint density at radius 1 is 0.824 bits per heavy atom. The van der Waals surface area contributed by atoms with Crippen molar-refractivity contribution in [1.82, 2.24) is 0 Å². The zero-order chi connectivity index (χ0) is 12.3. The Morgan fingerprint density at radius 2 is 1.29 bits per heavy atom. The van der Waals surface area contributed by atoms with Crippen molar-refractivity contribution < 1.29 is 9.53 Å². The van der Waals surface area contributed by atoms with E-state index in [-0.39, 0.29) is 12.1 Å². The molecule has 0 aromatic rings. The third-order valence-corrected chi connectivity index (χ3v) is 3.57. The van der Waals surface area contributed by atoms with E-state index < -0.39 is 0 Å². The normalized spacial score (nSPS) is 26.6. The van der Waals surface area contributed by atoms with Crippen LogP contribution < -0.4 is 0 Å². The highest BCUT2D eigenvalue weighted by Gasteiger charge is 2.09. The minimum Gasteiger partial charge on any atom is -0.463 e. The van der Waals surface area contributed by atoms with Crippen LogP contribution in [0.4, 0.5) is 0 Å². The zero-order valence-electron chi connectivity index (χ0n) is 11.4. The molecular formula is C15H28O2. The second-order valence-corrected chi connectivity index (χ2v) is 5.37. The maximum atomic E-state index is 11.5. The summed E-state index contributed by atoms with van der Waals surface area (Å²) >= 11 is 0. The lowest BCUT2D eigenvalue weighted by molar-refractivity contribution is -0.148. The van der Waals surface area contributed by atoms with E-state index >= 15 is 0 Å². The molecule has 1 aliphatic heterocycles. The molecule has 2 heteroatoms. The predicted molar refractivity (Wildman–Crippen MR) is 71.0 cm³/mol. The van der Waals surface area contributed by atoms with E-state index in [1.165, 1.54) is 57.8 Å². The molecule has 1 aliphatic rings.